The molecule has 3 amide bonds. The molecule has 1 aromatic carbocycles. The number of hydrogen-bond donors (Lipinski definition) is 1. The quantitative estimate of drug-likeness (QED) is 0.812. The van der Waals surface area contributed by atoms with Gasteiger partial charge >= 0.3 is 0 Å². The number of aryl methyl sites for hydroxylation is 2. The van der Waals surface area contributed by atoms with Gasteiger partial charge in [-0.05, 0) is 38.3 Å². The number of ether oxygens (including phenoxy) is 1. The second-order valence-corrected chi connectivity index (χ2v) is 8.51. The maximum atomic E-state index is 13.6. The third-order valence-electron chi connectivity index (χ3n) is 6.58. The van der Waals surface area contributed by atoms with Crippen molar-refractivity contribution in [3.63, 3.8) is 0 Å². The number of fused-ring (bicyclic) bond motifs is 1. The molecule has 4 rings (SSSR count). The van der Waals surface area contributed by atoms with Gasteiger partial charge in [0.05, 0.1) is 18.6 Å². The topological polar surface area (TPSA) is 79.0 Å². The first kappa shape index (κ1) is 19.9. The lowest BCUT2D eigenvalue weighted by Crippen LogP contribution is -2.67. The molecule has 0 saturated carbocycles. The van der Waals surface area contributed by atoms with E-state index in [1.807, 2.05) is 41.8 Å². The van der Waals surface area contributed by atoms with Gasteiger partial charge < -0.3 is 19.9 Å². The van der Waals surface area contributed by atoms with Gasteiger partial charge in [0.15, 0.2) is 0 Å². The van der Waals surface area contributed by atoms with Crippen molar-refractivity contribution < 1.29 is 19.1 Å². The van der Waals surface area contributed by atoms with E-state index in [0.29, 0.717) is 64.2 Å². The fourth-order valence-electron chi connectivity index (χ4n) is 4.96. The van der Waals surface area contributed by atoms with Crippen LogP contribution in [-0.4, -0.2) is 73.0 Å². The van der Waals surface area contributed by atoms with Crippen LogP contribution in [0.15, 0.2) is 18.2 Å². The van der Waals surface area contributed by atoms with Crippen LogP contribution in [0.4, 0.5) is 0 Å². The molecule has 1 aromatic rings. The largest absolute Gasteiger partial charge is 0.378 e. The Bertz CT molecular complexity index is 833. The zero-order valence-corrected chi connectivity index (χ0v) is 17.2. The number of carbonyl (C=O) groups excluding carboxylic acids is 3. The Kier molecular flexibility index (Phi) is 5.34. The predicted octanol–water partition coefficient (Wildman–Crippen LogP) is 1.27. The molecular formula is C22H29N3O4. The summed E-state index contributed by atoms with van der Waals surface area (Å²) in [5.41, 5.74) is 2.00. The van der Waals surface area contributed by atoms with Crippen LogP contribution in [0.1, 0.15) is 40.7 Å². The molecule has 3 fully saturated rings. The molecule has 1 N–H and O–H groups in total. The number of nitrogens with zero attached hydrogens (tertiary/aromatic N) is 2. The summed E-state index contributed by atoms with van der Waals surface area (Å²) in [6, 6.07) is 5.61. The molecule has 7 nitrogen and oxygen atoms in total. The number of hydrogen-bond acceptors (Lipinski definition) is 4. The number of nitrogens with one attached hydrogen (secondary N) is 1. The second-order valence-electron chi connectivity index (χ2n) is 8.51. The molecule has 0 bridgehead atoms. The molecule has 3 aliphatic rings. The van der Waals surface area contributed by atoms with Crippen molar-refractivity contribution in [1.82, 2.24) is 15.1 Å². The van der Waals surface area contributed by atoms with Crippen molar-refractivity contribution in [3.8, 4) is 0 Å². The monoisotopic (exact) mass is 399 g/mol. The van der Waals surface area contributed by atoms with Crippen molar-refractivity contribution in [2.75, 3.05) is 39.4 Å². The molecule has 0 spiro atoms. The maximum Gasteiger partial charge on any atom is 0.254 e. The number of likely N-dealkylation sites (tertiary alicyclic amines) is 1. The molecule has 0 unspecified atom stereocenters. The van der Waals surface area contributed by atoms with Crippen molar-refractivity contribution in [3.05, 3.63) is 34.9 Å². The summed E-state index contributed by atoms with van der Waals surface area (Å²) in [5.74, 6) is 0.00508. The zero-order chi connectivity index (χ0) is 20.6. The van der Waals surface area contributed by atoms with Crippen LogP contribution in [0.25, 0.3) is 0 Å². The van der Waals surface area contributed by atoms with Gasteiger partial charge in [-0.15, -0.1) is 0 Å². The minimum absolute atomic E-state index is 0.00504. The van der Waals surface area contributed by atoms with E-state index in [2.05, 4.69) is 5.32 Å². The van der Waals surface area contributed by atoms with Crippen LogP contribution < -0.4 is 5.32 Å². The number of benzene rings is 1. The lowest BCUT2D eigenvalue weighted by atomic mass is 9.68. The Morgan fingerprint density at radius 2 is 1.90 bits per heavy atom. The molecular weight excluding hydrogens is 370 g/mol. The SMILES string of the molecule is Cc1ccc(C(=O)N2CC[C@H]3NC(=O)CC[C@]3(C(=O)N3CCOCC3)C2)c(C)c1. The summed E-state index contributed by atoms with van der Waals surface area (Å²) >= 11 is 0. The Morgan fingerprint density at radius 1 is 1.14 bits per heavy atom. The van der Waals surface area contributed by atoms with E-state index >= 15 is 0 Å². The van der Waals surface area contributed by atoms with Gasteiger partial charge in [-0.2, -0.15) is 0 Å². The molecule has 3 heterocycles. The van der Waals surface area contributed by atoms with Gasteiger partial charge in [-0.3, -0.25) is 14.4 Å². The van der Waals surface area contributed by atoms with Crippen LogP contribution in [0.5, 0.6) is 0 Å². The van der Waals surface area contributed by atoms with Crippen LogP contribution in [-0.2, 0) is 14.3 Å². The lowest BCUT2D eigenvalue weighted by Gasteiger charge is -2.51. The minimum Gasteiger partial charge on any atom is -0.378 e. The molecule has 0 aromatic heterocycles. The summed E-state index contributed by atoms with van der Waals surface area (Å²) in [6.45, 7) is 7.03. The van der Waals surface area contributed by atoms with E-state index in [9.17, 15) is 14.4 Å². The molecule has 3 saturated heterocycles. The van der Waals surface area contributed by atoms with Gasteiger partial charge in [0.25, 0.3) is 5.91 Å². The normalized spacial score (nSPS) is 27.2. The minimum atomic E-state index is -0.752. The highest BCUT2D eigenvalue weighted by molar-refractivity contribution is 5.97. The highest BCUT2D eigenvalue weighted by Gasteiger charge is 2.54. The highest BCUT2D eigenvalue weighted by atomic mass is 16.5. The van der Waals surface area contributed by atoms with Crippen LogP contribution in [0, 0.1) is 19.3 Å². The van der Waals surface area contributed by atoms with Crippen LogP contribution >= 0.6 is 0 Å². The molecule has 0 radical (unpaired) electrons. The first-order chi connectivity index (χ1) is 13.9. The van der Waals surface area contributed by atoms with Crippen molar-refractivity contribution in [2.24, 2.45) is 5.41 Å². The average Bonchev–Trinajstić information content (AvgIpc) is 2.73. The molecule has 3 aliphatic heterocycles. The van der Waals surface area contributed by atoms with Crippen LogP contribution in [0.3, 0.4) is 0 Å². The van der Waals surface area contributed by atoms with Gasteiger partial charge in [0, 0.05) is 44.2 Å². The van der Waals surface area contributed by atoms with E-state index in [1.165, 1.54) is 0 Å². The molecule has 7 heteroatoms. The Labute approximate surface area is 171 Å². The van der Waals surface area contributed by atoms with Crippen molar-refractivity contribution >= 4 is 17.7 Å². The Morgan fingerprint density at radius 3 is 2.62 bits per heavy atom. The first-order valence-electron chi connectivity index (χ1n) is 10.4. The van der Waals surface area contributed by atoms with E-state index in [1.54, 1.807) is 0 Å². The number of carbonyl (C=O) groups is 3. The fraction of sp³-hybridized carbons (Fsp3) is 0.591. The van der Waals surface area contributed by atoms with Gasteiger partial charge in [0.2, 0.25) is 11.8 Å². The standard InChI is InChI=1S/C22H29N3O4/c1-15-3-4-17(16(2)13-15)20(27)25-8-6-18-22(14-25,7-5-19(26)23-18)21(28)24-9-11-29-12-10-24/h3-4,13,18H,5-12,14H2,1-2H3,(H,23,26)/t18-,22+/m1/s1. The maximum absolute atomic E-state index is 13.6. The van der Waals surface area contributed by atoms with E-state index in [-0.39, 0.29) is 23.8 Å². The Hall–Kier alpha value is -2.41. The predicted molar refractivity (Wildman–Crippen MR) is 107 cm³/mol. The summed E-state index contributed by atoms with van der Waals surface area (Å²) in [7, 11) is 0. The smallest absolute Gasteiger partial charge is 0.254 e. The Balaban J connectivity index is 1.62. The molecule has 156 valence electrons. The van der Waals surface area contributed by atoms with Gasteiger partial charge in [-0.1, -0.05) is 17.7 Å². The number of rotatable bonds is 2. The van der Waals surface area contributed by atoms with Gasteiger partial charge in [-0.25, -0.2) is 0 Å². The highest BCUT2D eigenvalue weighted by Crippen LogP contribution is 2.40. The second kappa shape index (κ2) is 7.78. The van der Waals surface area contributed by atoms with Gasteiger partial charge in [0.1, 0.15) is 0 Å². The third-order valence-corrected chi connectivity index (χ3v) is 6.58. The summed E-state index contributed by atoms with van der Waals surface area (Å²) in [5, 5.41) is 3.04. The number of morpholine rings is 1. The van der Waals surface area contributed by atoms with Crippen molar-refractivity contribution in [2.45, 2.75) is 39.2 Å². The molecule has 2 atom stereocenters. The molecule has 0 aliphatic carbocycles. The zero-order valence-electron chi connectivity index (χ0n) is 17.2. The third kappa shape index (κ3) is 3.64. The summed E-state index contributed by atoms with van der Waals surface area (Å²) in [6.07, 6.45) is 1.40. The van der Waals surface area contributed by atoms with Crippen LogP contribution in [0.2, 0.25) is 0 Å². The van der Waals surface area contributed by atoms with E-state index in [0.717, 1.165) is 11.1 Å². The number of piperidine rings is 2. The van der Waals surface area contributed by atoms with E-state index < -0.39 is 5.41 Å². The lowest BCUT2D eigenvalue weighted by molar-refractivity contribution is -0.155. The fourth-order valence-corrected chi connectivity index (χ4v) is 4.96. The number of amides is 3. The molecule has 29 heavy (non-hydrogen) atoms. The van der Waals surface area contributed by atoms with E-state index in [4.69, 9.17) is 4.74 Å². The summed E-state index contributed by atoms with van der Waals surface area (Å²) in [4.78, 5) is 42.6. The summed E-state index contributed by atoms with van der Waals surface area (Å²) < 4.78 is 5.40. The average molecular weight is 399 g/mol. The van der Waals surface area contributed by atoms with Crippen molar-refractivity contribution in [1.29, 1.82) is 0 Å². The first-order valence-corrected chi connectivity index (χ1v) is 10.4.